The van der Waals surface area contributed by atoms with Crippen LogP contribution >= 0.6 is 0 Å². The minimum absolute atomic E-state index is 0.0892. The molecule has 0 saturated heterocycles. The minimum atomic E-state index is -0.884. The highest BCUT2D eigenvalue weighted by Gasteiger charge is 2.42. The molecule has 6 nitrogen and oxygen atoms in total. The minimum Gasteiger partial charge on any atom is -0.481 e. The molecule has 26 heavy (non-hydrogen) atoms. The van der Waals surface area contributed by atoms with Gasteiger partial charge in [0.25, 0.3) is 0 Å². The average molecular weight is 359 g/mol. The lowest BCUT2D eigenvalue weighted by molar-refractivity contribution is -0.156. The van der Waals surface area contributed by atoms with Gasteiger partial charge in [0.2, 0.25) is 5.91 Å². The Morgan fingerprint density at radius 2 is 2.08 bits per heavy atom. The van der Waals surface area contributed by atoms with Crippen molar-refractivity contribution in [3.63, 3.8) is 0 Å². The highest BCUT2D eigenvalue weighted by atomic mass is 19.1. The molecule has 1 aliphatic rings. The first kappa shape index (κ1) is 18.1. The second kappa shape index (κ2) is 7.68. The van der Waals surface area contributed by atoms with E-state index in [0.29, 0.717) is 37.1 Å². The highest BCUT2D eigenvalue weighted by Crippen LogP contribution is 2.35. The van der Waals surface area contributed by atoms with Gasteiger partial charge in [-0.1, -0.05) is 12.1 Å². The maximum absolute atomic E-state index is 13.3. The SMILES string of the molecule is CN(CCCc1cc(-c2cccc(F)c2)n[nH]1)C(=O)C1CCC1C(=O)O. The lowest BCUT2D eigenvalue weighted by Gasteiger charge is -2.35. The number of hydrogen-bond acceptors (Lipinski definition) is 3. The summed E-state index contributed by atoms with van der Waals surface area (Å²) >= 11 is 0. The number of aryl methyl sites for hydroxylation is 1. The zero-order valence-electron chi connectivity index (χ0n) is 14.6. The van der Waals surface area contributed by atoms with E-state index in [1.807, 2.05) is 6.07 Å². The van der Waals surface area contributed by atoms with Crippen molar-refractivity contribution >= 4 is 11.9 Å². The van der Waals surface area contributed by atoms with E-state index in [9.17, 15) is 14.0 Å². The summed E-state index contributed by atoms with van der Waals surface area (Å²) in [4.78, 5) is 25.0. The Labute approximate surface area is 151 Å². The second-order valence-corrected chi connectivity index (χ2v) is 6.78. The lowest BCUT2D eigenvalue weighted by atomic mass is 9.73. The van der Waals surface area contributed by atoms with Gasteiger partial charge in [0.1, 0.15) is 5.82 Å². The number of aromatic amines is 1. The fourth-order valence-corrected chi connectivity index (χ4v) is 3.28. The largest absolute Gasteiger partial charge is 0.481 e. The fourth-order valence-electron chi connectivity index (χ4n) is 3.28. The first-order valence-electron chi connectivity index (χ1n) is 8.73. The van der Waals surface area contributed by atoms with Crippen molar-refractivity contribution in [3.8, 4) is 11.3 Å². The summed E-state index contributed by atoms with van der Waals surface area (Å²) < 4.78 is 13.3. The Morgan fingerprint density at radius 1 is 1.31 bits per heavy atom. The van der Waals surface area contributed by atoms with E-state index < -0.39 is 11.9 Å². The van der Waals surface area contributed by atoms with E-state index in [1.165, 1.54) is 12.1 Å². The molecule has 0 bridgehead atoms. The number of H-pyrrole nitrogens is 1. The van der Waals surface area contributed by atoms with Crippen molar-refractivity contribution in [1.29, 1.82) is 0 Å². The Balaban J connectivity index is 1.49. The smallest absolute Gasteiger partial charge is 0.307 e. The third-order valence-electron chi connectivity index (χ3n) is 4.98. The summed E-state index contributed by atoms with van der Waals surface area (Å²) in [5.74, 6) is -2.20. The van der Waals surface area contributed by atoms with Gasteiger partial charge in [-0.3, -0.25) is 14.7 Å². The van der Waals surface area contributed by atoms with Crippen molar-refractivity contribution in [1.82, 2.24) is 15.1 Å². The Bertz CT molecular complexity index is 805. The van der Waals surface area contributed by atoms with Crippen LogP contribution in [0.4, 0.5) is 4.39 Å². The molecule has 2 N–H and O–H groups in total. The van der Waals surface area contributed by atoms with Crippen LogP contribution in [0.15, 0.2) is 30.3 Å². The third-order valence-corrected chi connectivity index (χ3v) is 4.98. The monoisotopic (exact) mass is 359 g/mol. The molecule has 0 aliphatic heterocycles. The number of carbonyl (C=O) groups excluding carboxylic acids is 1. The van der Waals surface area contributed by atoms with E-state index in [0.717, 1.165) is 12.1 Å². The Kier molecular flexibility index (Phi) is 5.35. The van der Waals surface area contributed by atoms with Crippen LogP contribution in [-0.4, -0.2) is 45.7 Å². The van der Waals surface area contributed by atoms with Gasteiger partial charge in [-0.15, -0.1) is 0 Å². The normalized spacial score (nSPS) is 19.0. The molecule has 1 heterocycles. The number of aliphatic carboxylic acids is 1. The van der Waals surface area contributed by atoms with Gasteiger partial charge in [-0.05, 0) is 43.9 Å². The molecular weight excluding hydrogens is 337 g/mol. The van der Waals surface area contributed by atoms with Gasteiger partial charge >= 0.3 is 5.97 Å². The van der Waals surface area contributed by atoms with Crippen LogP contribution in [0, 0.1) is 17.7 Å². The standard InChI is InChI=1S/C19H22FN3O3/c1-23(18(24)15-7-8-16(15)19(25)26)9-3-6-14-11-17(22-21-14)12-4-2-5-13(20)10-12/h2,4-5,10-11,15-16H,3,6-9H2,1H3,(H,21,22)(H,25,26). The van der Waals surface area contributed by atoms with Gasteiger partial charge < -0.3 is 10.0 Å². The zero-order chi connectivity index (χ0) is 18.7. The summed E-state index contributed by atoms with van der Waals surface area (Å²) in [6.07, 6.45) is 2.67. The molecule has 1 aliphatic carbocycles. The highest BCUT2D eigenvalue weighted by molar-refractivity contribution is 5.86. The van der Waals surface area contributed by atoms with Crippen molar-refractivity contribution in [2.24, 2.45) is 11.8 Å². The molecular formula is C19H22FN3O3. The molecule has 1 fully saturated rings. The van der Waals surface area contributed by atoms with Gasteiger partial charge in [0.15, 0.2) is 0 Å². The lowest BCUT2D eigenvalue weighted by Crippen LogP contribution is -2.45. The molecule has 1 aromatic carbocycles. The van der Waals surface area contributed by atoms with Crippen molar-refractivity contribution in [2.75, 3.05) is 13.6 Å². The van der Waals surface area contributed by atoms with Crippen LogP contribution in [-0.2, 0) is 16.0 Å². The number of nitrogens with zero attached hydrogens (tertiary/aromatic N) is 2. The van der Waals surface area contributed by atoms with Crippen molar-refractivity contribution < 1.29 is 19.1 Å². The summed E-state index contributed by atoms with van der Waals surface area (Å²) in [5.41, 5.74) is 2.31. The first-order valence-corrected chi connectivity index (χ1v) is 8.73. The number of carboxylic acids is 1. The number of aromatic nitrogens is 2. The molecule has 3 rings (SSSR count). The number of amides is 1. The Hall–Kier alpha value is -2.70. The predicted molar refractivity (Wildman–Crippen MR) is 93.8 cm³/mol. The van der Waals surface area contributed by atoms with Crippen LogP contribution in [0.1, 0.15) is 25.0 Å². The molecule has 1 aromatic heterocycles. The fraction of sp³-hybridized carbons (Fsp3) is 0.421. The predicted octanol–water partition coefficient (Wildman–Crippen LogP) is 2.72. The molecule has 2 unspecified atom stereocenters. The van der Waals surface area contributed by atoms with Crippen LogP contribution in [0.25, 0.3) is 11.3 Å². The molecule has 7 heteroatoms. The number of rotatable bonds is 7. The van der Waals surface area contributed by atoms with Crippen LogP contribution < -0.4 is 0 Å². The molecule has 1 saturated carbocycles. The second-order valence-electron chi connectivity index (χ2n) is 6.78. The van der Waals surface area contributed by atoms with E-state index in [1.54, 1.807) is 24.1 Å². The van der Waals surface area contributed by atoms with Crippen molar-refractivity contribution in [2.45, 2.75) is 25.7 Å². The molecule has 0 spiro atoms. The summed E-state index contributed by atoms with van der Waals surface area (Å²) in [5, 5.41) is 16.2. The summed E-state index contributed by atoms with van der Waals surface area (Å²) in [6, 6.07) is 8.14. The van der Waals surface area contributed by atoms with E-state index in [-0.39, 0.29) is 17.6 Å². The van der Waals surface area contributed by atoms with Crippen LogP contribution in [0.2, 0.25) is 0 Å². The number of halogens is 1. The first-order chi connectivity index (χ1) is 12.5. The van der Waals surface area contributed by atoms with Gasteiger partial charge in [-0.25, -0.2) is 4.39 Å². The molecule has 1 amide bonds. The maximum Gasteiger partial charge on any atom is 0.307 e. The van der Waals surface area contributed by atoms with Gasteiger partial charge in [-0.2, -0.15) is 5.10 Å². The number of carbonyl (C=O) groups is 2. The zero-order valence-corrected chi connectivity index (χ0v) is 14.6. The van der Waals surface area contributed by atoms with Crippen LogP contribution in [0.5, 0.6) is 0 Å². The number of benzene rings is 1. The van der Waals surface area contributed by atoms with Gasteiger partial charge in [0.05, 0.1) is 17.5 Å². The molecule has 2 aromatic rings. The quantitative estimate of drug-likeness (QED) is 0.796. The average Bonchev–Trinajstić information content (AvgIpc) is 3.02. The van der Waals surface area contributed by atoms with E-state index >= 15 is 0 Å². The molecule has 2 atom stereocenters. The molecule has 0 radical (unpaired) electrons. The maximum atomic E-state index is 13.3. The van der Waals surface area contributed by atoms with E-state index in [2.05, 4.69) is 10.2 Å². The van der Waals surface area contributed by atoms with Crippen molar-refractivity contribution in [3.05, 3.63) is 41.8 Å². The Morgan fingerprint density at radius 3 is 2.73 bits per heavy atom. The van der Waals surface area contributed by atoms with Crippen LogP contribution in [0.3, 0.4) is 0 Å². The number of nitrogens with one attached hydrogen (secondary N) is 1. The summed E-state index contributed by atoms with van der Waals surface area (Å²) in [7, 11) is 1.71. The van der Waals surface area contributed by atoms with Gasteiger partial charge in [0, 0.05) is 24.8 Å². The number of carboxylic acid groups (broad SMARTS) is 1. The summed E-state index contributed by atoms with van der Waals surface area (Å²) in [6.45, 7) is 0.552. The topological polar surface area (TPSA) is 86.3 Å². The van der Waals surface area contributed by atoms with E-state index in [4.69, 9.17) is 5.11 Å². The molecule has 138 valence electrons. The number of hydrogen-bond donors (Lipinski definition) is 2. The third kappa shape index (κ3) is 3.92.